The number of H-pyrrole nitrogens is 1. The van der Waals surface area contributed by atoms with Gasteiger partial charge in [0.2, 0.25) is 0 Å². The molecule has 2 aromatic carbocycles. The third kappa shape index (κ3) is 4.08. The molecule has 0 spiro atoms. The zero-order chi connectivity index (χ0) is 24.0. The first-order valence-corrected chi connectivity index (χ1v) is 12.7. The molecule has 1 N–H and O–H groups in total. The summed E-state index contributed by atoms with van der Waals surface area (Å²) >= 11 is 2.96. The van der Waals surface area contributed by atoms with E-state index >= 15 is 0 Å². The Morgan fingerprint density at radius 1 is 1.03 bits per heavy atom. The molecule has 0 aliphatic heterocycles. The van der Waals surface area contributed by atoms with Crippen LogP contribution in [0.15, 0.2) is 63.3 Å². The number of benzene rings is 2. The van der Waals surface area contributed by atoms with Crippen LogP contribution < -0.4 is 11.1 Å². The molecule has 0 amide bonds. The van der Waals surface area contributed by atoms with Crippen LogP contribution in [-0.4, -0.2) is 19.5 Å². The minimum absolute atomic E-state index is 0.0812. The van der Waals surface area contributed by atoms with Gasteiger partial charge in [0.1, 0.15) is 10.7 Å². The Bertz CT molecular complexity index is 1650. The molecule has 0 saturated carbocycles. The van der Waals surface area contributed by atoms with E-state index in [9.17, 15) is 9.59 Å². The topological polar surface area (TPSA) is 80.6 Å². The van der Waals surface area contributed by atoms with Crippen molar-refractivity contribution in [3.05, 3.63) is 96.6 Å². The highest BCUT2D eigenvalue weighted by Crippen LogP contribution is 2.34. The molecule has 0 radical (unpaired) electrons. The summed E-state index contributed by atoms with van der Waals surface area (Å²) in [6.45, 7) is 8.38. The van der Waals surface area contributed by atoms with Crippen molar-refractivity contribution in [1.29, 1.82) is 0 Å². The average molecular weight is 489 g/mol. The second-order valence-corrected chi connectivity index (χ2v) is 11.0. The summed E-state index contributed by atoms with van der Waals surface area (Å²) in [5.41, 5.74) is 3.62. The normalized spacial score (nSPS) is 12.5. The summed E-state index contributed by atoms with van der Waals surface area (Å²) in [7, 11) is 0. The van der Waals surface area contributed by atoms with Crippen LogP contribution in [0.2, 0.25) is 0 Å². The molecular formula is C26H24N4O2S2. The van der Waals surface area contributed by atoms with E-state index in [1.807, 2.05) is 76.2 Å². The second-order valence-electron chi connectivity index (χ2n) is 8.46. The standard InChI is InChI=1S/C26H24N4O2S2/c1-14-9-11-18(12-10-14)13-30-25(32)19-7-5-6-8-20(19)27-26(30)34-17(4)22-28-23(31)21-15(2)16(3)33-24(21)29-22/h5-12,17H,13H2,1-4H3,(H,28,29,31). The van der Waals surface area contributed by atoms with Gasteiger partial charge in [-0.25, -0.2) is 9.97 Å². The number of hydrogen-bond acceptors (Lipinski definition) is 6. The van der Waals surface area contributed by atoms with Crippen molar-refractivity contribution in [2.45, 2.75) is 44.6 Å². The van der Waals surface area contributed by atoms with E-state index < -0.39 is 0 Å². The van der Waals surface area contributed by atoms with Crippen LogP contribution in [0.1, 0.15) is 39.6 Å². The van der Waals surface area contributed by atoms with E-state index in [1.54, 1.807) is 4.57 Å². The van der Waals surface area contributed by atoms with Gasteiger partial charge in [-0.1, -0.05) is 53.7 Å². The van der Waals surface area contributed by atoms with Crippen LogP contribution in [0.25, 0.3) is 21.1 Å². The molecule has 0 fully saturated rings. The van der Waals surface area contributed by atoms with Crippen LogP contribution in [0, 0.1) is 20.8 Å². The first kappa shape index (κ1) is 22.6. The van der Waals surface area contributed by atoms with Gasteiger partial charge >= 0.3 is 0 Å². The number of nitrogens with one attached hydrogen (secondary N) is 1. The summed E-state index contributed by atoms with van der Waals surface area (Å²) < 4.78 is 1.71. The van der Waals surface area contributed by atoms with Crippen LogP contribution in [-0.2, 0) is 6.54 Å². The quantitative estimate of drug-likeness (QED) is 0.260. The zero-order valence-electron chi connectivity index (χ0n) is 19.4. The third-order valence-electron chi connectivity index (χ3n) is 6.01. The Hall–Kier alpha value is -3.23. The van der Waals surface area contributed by atoms with Crippen molar-refractivity contribution in [2.75, 3.05) is 0 Å². The lowest BCUT2D eigenvalue weighted by Crippen LogP contribution is -2.24. The summed E-state index contributed by atoms with van der Waals surface area (Å²) in [6, 6.07) is 15.5. The Balaban J connectivity index is 1.58. The summed E-state index contributed by atoms with van der Waals surface area (Å²) in [5, 5.41) is 1.63. The van der Waals surface area contributed by atoms with E-state index in [1.165, 1.54) is 28.7 Å². The van der Waals surface area contributed by atoms with E-state index in [0.717, 1.165) is 20.8 Å². The fourth-order valence-corrected chi connectivity index (χ4v) is 5.93. The Kier molecular flexibility index (Phi) is 5.87. The number of aromatic amines is 1. The fourth-order valence-electron chi connectivity index (χ4n) is 3.93. The van der Waals surface area contributed by atoms with Crippen molar-refractivity contribution < 1.29 is 0 Å². The number of fused-ring (bicyclic) bond motifs is 2. The Labute approximate surface area is 204 Å². The van der Waals surface area contributed by atoms with Crippen molar-refractivity contribution in [3.63, 3.8) is 0 Å². The van der Waals surface area contributed by atoms with Crippen LogP contribution in [0.4, 0.5) is 0 Å². The Morgan fingerprint density at radius 2 is 1.76 bits per heavy atom. The maximum absolute atomic E-state index is 13.4. The molecule has 3 aromatic heterocycles. The van der Waals surface area contributed by atoms with Crippen LogP contribution in [0.5, 0.6) is 0 Å². The van der Waals surface area contributed by atoms with Gasteiger partial charge in [-0.3, -0.25) is 14.2 Å². The number of para-hydroxylation sites is 1. The minimum Gasteiger partial charge on any atom is -0.309 e. The molecule has 5 aromatic rings. The molecule has 0 saturated heterocycles. The van der Waals surface area contributed by atoms with Gasteiger partial charge in [-0.05, 0) is 51.0 Å². The molecule has 1 atom stereocenters. The first-order chi connectivity index (χ1) is 16.3. The number of nitrogens with zero attached hydrogens (tertiary/aromatic N) is 3. The maximum atomic E-state index is 13.4. The lowest BCUT2D eigenvalue weighted by molar-refractivity contribution is 0.656. The second kappa shape index (κ2) is 8.85. The molecule has 3 heterocycles. The predicted molar refractivity (Wildman–Crippen MR) is 140 cm³/mol. The van der Waals surface area contributed by atoms with E-state index in [0.29, 0.717) is 33.8 Å². The third-order valence-corrected chi connectivity index (χ3v) is 8.21. The Morgan fingerprint density at radius 3 is 2.53 bits per heavy atom. The number of thioether (sulfide) groups is 1. The minimum atomic E-state index is -0.211. The highest BCUT2D eigenvalue weighted by Gasteiger charge is 2.20. The van der Waals surface area contributed by atoms with Gasteiger partial charge in [0.15, 0.2) is 5.16 Å². The number of aromatic nitrogens is 4. The van der Waals surface area contributed by atoms with E-state index in [2.05, 4.69) is 4.98 Å². The SMILES string of the molecule is Cc1ccc(Cn2c(SC(C)c3nc4sc(C)c(C)c4c(=O)[nH]3)nc3ccccc3c2=O)cc1. The van der Waals surface area contributed by atoms with Gasteiger partial charge < -0.3 is 4.98 Å². The van der Waals surface area contributed by atoms with Gasteiger partial charge in [0.05, 0.1) is 28.1 Å². The van der Waals surface area contributed by atoms with Crippen LogP contribution in [0.3, 0.4) is 0 Å². The molecule has 1 unspecified atom stereocenters. The predicted octanol–water partition coefficient (Wildman–Crippen LogP) is 5.52. The molecule has 172 valence electrons. The molecule has 34 heavy (non-hydrogen) atoms. The van der Waals surface area contributed by atoms with E-state index in [4.69, 9.17) is 9.97 Å². The summed E-state index contributed by atoms with van der Waals surface area (Å²) in [4.78, 5) is 40.6. The lowest BCUT2D eigenvalue weighted by Gasteiger charge is -2.16. The average Bonchev–Trinajstić information content (AvgIpc) is 3.11. The smallest absolute Gasteiger partial charge is 0.262 e. The van der Waals surface area contributed by atoms with Crippen molar-refractivity contribution in [3.8, 4) is 0 Å². The highest BCUT2D eigenvalue weighted by atomic mass is 32.2. The zero-order valence-corrected chi connectivity index (χ0v) is 21.0. The first-order valence-electron chi connectivity index (χ1n) is 11.0. The molecule has 0 aliphatic rings. The number of aryl methyl sites for hydroxylation is 3. The van der Waals surface area contributed by atoms with Gasteiger partial charge in [0.25, 0.3) is 11.1 Å². The lowest BCUT2D eigenvalue weighted by atomic mass is 10.1. The number of thiophene rings is 1. The van der Waals surface area contributed by atoms with Crippen molar-refractivity contribution in [2.24, 2.45) is 0 Å². The molecule has 5 rings (SSSR count). The molecule has 6 nitrogen and oxygen atoms in total. The van der Waals surface area contributed by atoms with Crippen molar-refractivity contribution >= 4 is 44.2 Å². The molecule has 8 heteroatoms. The fraction of sp³-hybridized carbons (Fsp3) is 0.231. The largest absolute Gasteiger partial charge is 0.309 e. The van der Waals surface area contributed by atoms with Gasteiger partial charge in [0, 0.05) is 4.88 Å². The molecule has 0 bridgehead atoms. The highest BCUT2D eigenvalue weighted by molar-refractivity contribution is 7.99. The van der Waals surface area contributed by atoms with Crippen LogP contribution >= 0.6 is 23.1 Å². The number of hydrogen-bond donors (Lipinski definition) is 1. The molecule has 0 aliphatic carbocycles. The molecular weight excluding hydrogens is 464 g/mol. The summed E-state index contributed by atoms with van der Waals surface area (Å²) in [5.74, 6) is 0.577. The van der Waals surface area contributed by atoms with Gasteiger partial charge in [-0.15, -0.1) is 11.3 Å². The summed E-state index contributed by atoms with van der Waals surface area (Å²) in [6.07, 6.45) is 0. The van der Waals surface area contributed by atoms with Crippen molar-refractivity contribution in [1.82, 2.24) is 19.5 Å². The monoisotopic (exact) mass is 488 g/mol. The van der Waals surface area contributed by atoms with Gasteiger partial charge in [-0.2, -0.15) is 0 Å². The number of rotatable bonds is 5. The van der Waals surface area contributed by atoms with E-state index in [-0.39, 0.29) is 16.4 Å². The maximum Gasteiger partial charge on any atom is 0.262 e.